The van der Waals surface area contributed by atoms with E-state index in [1.165, 1.54) is 19.1 Å². The molecule has 0 spiro atoms. The number of aliphatic hydroxyl groups is 2. The molecule has 1 aliphatic heterocycles. The van der Waals surface area contributed by atoms with Crippen LogP contribution < -0.4 is 14.2 Å². The van der Waals surface area contributed by atoms with E-state index in [9.17, 15) is 14.7 Å². The van der Waals surface area contributed by atoms with Crippen LogP contribution >= 0.6 is 0 Å². The van der Waals surface area contributed by atoms with E-state index in [0.29, 0.717) is 35.8 Å². The van der Waals surface area contributed by atoms with Crippen molar-refractivity contribution in [3.8, 4) is 17.2 Å². The summed E-state index contributed by atoms with van der Waals surface area (Å²) in [6.45, 7) is 2.22. The SMILES string of the molecule is CCCN1C(=O)C(=O)/C(=C(\O)c2ccc(OC)cc2OC)C1c1cccc(OCCO)c1. The summed E-state index contributed by atoms with van der Waals surface area (Å²) >= 11 is 0. The number of ether oxygens (including phenoxy) is 3. The Morgan fingerprint density at radius 2 is 1.84 bits per heavy atom. The zero-order chi connectivity index (χ0) is 23.3. The van der Waals surface area contributed by atoms with E-state index in [1.54, 1.807) is 42.5 Å². The maximum atomic E-state index is 13.0. The van der Waals surface area contributed by atoms with Crippen LogP contribution in [0.5, 0.6) is 17.2 Å². The standard InChI is InChI=1S/C24H27NO7/c1-4-10-25-21(15-6-5-7-17(13-15)32-12-11-26)20(23(28)24(25)29)22(27)18-9-8-16(30-2)14-19(18)31-3/h5-9,13-14,21,26-27H,4,10-12H2,1-3H3/b22-20-. The fourth-order valence-electron chi connectivity index (χ4n) is 3.78. The van der Waals surface area contributed by atoms with Crippen LogP contribution in [0.4, 0.5) is 0 Å². The van der Waals surface area contributed by atoms with E-state index in [0.717, 1.165) is 0 Å². The average Bonchev–Trinajstić information content (AvgIpc) is 3.07. The summed E-state index contributed by atoms with van der Waals surface area (Å²) < 4.78 is 16.1. The van der Waals surface area contributed by atoms with Gasteiger partial charge in [0.15, 0.2) is 0 Å². The predicted molar refractivity (Wildman–Crippen MR) is 118 cm³/mol. The van der Waals surface area contributed by atoms with Gasteiger partial charge in [0.2, 0.25) is 0 Å². The Labute approximate surface area is 186 Å². The maximum Gasteiger partial charge on any atom is 0.295 e. The molecule has 3 rings (SSSR count). The number of ketones is 1. The Kier molecular flexibility index (Phi) is 7.37. The molecule has 1 atom stereocenters. The highest BCUT2D eigenvalue weighted by molar-refractivity contribution is 6.46. The Morgan fingerprint density at radius 1 is 1.06 bits per heavy atom. The number of methoxy groups -OCH3 is 2. The fourth-order valence-corrected chi connectivity index (χ4v) is 3.78. The van der Waals surface area contributed by atoms with Gasteiger partial charge in [-0.05, 0) is 36.2 Å². The number of benzene rings is 2. The summed E-state index contributed by atoms with van der Waals surface area (Å²) in [6, 6.07) is 10.9. The monoisotopic (exact) mass is 441 g/mol. The normalized spacial score (nSPS) is 17.5. The number of hydrogen-bond donors (Lipinski definition) is 2. The van der Waals surface area contributed by atoms with Gasteiger partial charge < -0.3 is 29.3 Å². The first-order valence-corrected chi connectivity index (χ1v) is 10.3. The average molecular weight is 441 g/mol. The van der Waals surface area contributed by atoms with Gasteiger partial charge in [-0.25, -0.2) is 0 Å². The number of carbonyl (C=O) groups is 2. The third-order valence-electron chi connectivity index (χ3n) is 5.20. The summed E-state index contributed by atoms with van der Waals surface area (Å²) in [5, 5.41) is 20.2. The molecule has 0 aromatic heterocycles. The molecule has 1 aliphatic rings. The first-order valence-electron chi connectivity index (χ1n) is 10.3. The molecule has 0 saturated carbocycles. The second-order valence-electron chi connectivity index (χ2n) is 7.20. The zero-order valence-corrected chi connectivity index (χ0v) is 18.3. The van der Waals surface area contributed by atoms with Gasteiger partial charge in [0.25, 0.3) is 11.7 Å². The molecule has 0 bridgehead atoms. The number of nitrogens with zero attached hydrogens (tertiary/aromatic N) is 1. The van der Waals surface area contributed by atoms with Crippen molar-refractivity contribution in [2.45, 2.75) is 19.4 Å². The van der Waals surface area contributed by atoms with E-state index < -0.39 is 17.7 Å². The lowest BCUT2D eigenvalue weighted by Crippen LogP contribution is -2.30. The Bertz CT molecular complexity index is 1030. The van der Waals surface area contributed by atoms with Gasteiger partial charge in [0, 0.05) is 12.6 Å². The quantitative estimate of drug-likeness (QED) is 0.350. The summed E-state index contributed by atoms with van der Waals surface area (Å²) in [6.07, 6.45) is 0.635. The topological polar surface area (TPSA) is 106 Å². The predicted octanol–water partition coefficient (Wildman–Crippen LogP) is 2.91. The number of carbonyl (C=O) groups excluding carboxylic acids is 2. The summed E-state index contributed by atoms with van der Waals surface area (Å²) in [4.78, 5) is 27.3. The molecular formula is C24H27NO7. The third-order valence-corrected chi connectivity index (χ3v) is 5.20. The van der Waals surface area contributed by atoms with E-state index in [1.807, 2.05) is 6.92 Å². The molecule has 1 saturated heterocycles. The van der Waals surface area contributed by atoms with E-state index in [-0.39, 0.29) is 30.1 Å². The van der Waals surface area contributed by atoms with Crippen LogP contribution in [-0.2, 0) is 9.59 Å². The van der Waals surface area contributed by atoms with Crippen LogP contribution in [0.3, 0.4) is 0 Å². The van der Waals surface area contributed by atoms with Crippen molar-refractivity contribution in [1.29, 1.82) is 0 Å². The molecule has 8 nitrogen and oxygen atoms in total. The van der Waals surface area contributed by atoms with E-state index in [2.05, 4.69) is 0 Å². The van der Waals surface area contributed by atoms with Crippen molar-refractivity contribution >= 4 is 17.4 Å². The molecule has 1 heterocycles. The van der Waals surface area contributed by atoms with Crippen LogP contribution in [-0.4, -0.2) is 60.8 Å². The van der Waals surface area contributed by atoms with Crippen LogP contribution in [0, 0.1) is 0 Å². The highest BCUT2D eigenvalue weighted by atomic mass is 16.5. The number of aliphatic hydroxyl groups excluding tert-OH is 2. The van der Waals surface area contributed by atoms with Gasteiger partial charge in [0.05, 0.1) is 38.0 Å². The molecule has 32 heavy (non-hydrogen) atoms. The number of rotatable bonds is 9. The summed E-state index contributed by atoms with van der Waals surface area (Å²) in [5.41, 5.74) is 0.869. The third kappa shape index (κ3) is 4.40. The lowest BCUT2D eigenvalue weighted by Gasteiger charge is -2.25. The van der Waals surface area contributed by atoms with Crippen LogP contribution in [0.1, 0.15) is 30.5 Å². The number of hydrogen-bond acceptors (Lipinski definition) is 7. The molecule has 2 aromatic carbocycles. The number of Topliss-reactive ketones (excluding diaryl/α,β-unsaturated/α-hetero) is 1. The van der Waals surface area contributed by atoms with Gasteiger partial charge >= 0.3 is 0 Å². The minimum atomic E-state index is -0.792. The van der Waals surface area contributed by atoms with Crippen molar-refractivity contribution in [1.82, 2.24) is 4.90 Å². The molecule has 2 aromatic rings. The van der Waals surface area contributed by atoms with Gasteiger partial charge in [0.1, 0.15) is 29.6 Å². The number of likely N-dealkylation sites (tertiary alicyclic amines) is 1. The first-order chi connectivity index (χ1) is 15.5. The van der Waals surface area contributed by atoms with Crippen molar-refractivity contribution < 1.29 is 34.0 Å². The highest BCUT2D eigenvalue weighted by Crippen LogP contribution is 2.42. The van der Waals surface area contributed by atoms with Gasteiger partial charge in [-0.2, -0.15) is 0 Å². The maximum absolute atomic E-state index is 13.0. The van der Waals surface area contributed by atoms with Gasteiger partial charge in [-0.3, -0.25) is 9.59 Å². The molecule has 0 radical (unpaired) electrons. The van der Waals surface area contributed by atoms with Crippen molar-refractivity contribution in [2.24, 2.45) is 0 Å². The Balaban J connectivity index is 2.18. The zero-order valence-electron chi connectivity index (χ0n) is 18.3. The largest absolute Gasteiger partial charge is 0.507 e. The molecule has 1 amide bonds. The lowest BCUT2D eigenvalue weighted by atomic mass is 9.94. The Hall–Kier alpha value is -3.52. The van der Waals surface area contributed by atoms with E-state index >= 15 is 0 Å². The molecule has 170 valence electrons. The summed E-state index contributed by atoms with van der Waals surface area (Å²) in [7, 11) is 2.96. The second-order valence-corrected chi connectivity index (χ2v) is 7.20. The molecule has 1 fully saturated rings. The molecule has 8 heteroatoms. The van der Waals surface area contributed by atoms with Crippen molar-refractivity contribution in [2.75, 3.05) is 34.0 Å². The molecule has 1 unspecified atom stereocenters. The smallest absolute Gasteiger partial charge is 0.295 e. The van der Waals surface area contributed by atoms with Crippen molar-refractivity contribution in [3.05, 3.63) is 59.2 Å². The fraction of sp³-hybridized carbons (Fsp3) is 0.333. The number of amides is 1. The molecular weight excluding hydrogens is 414 g/mol. The van der Waals surface area contributed by atoms with Crippen LogP contribution in [0.15, 0.2) is 48.0 Å². The Morgan fingerprint density at radius 3 is 2.50 bits per heavy atom. The van der Waals surface area contributed by atoms with E-state index in [4.69, 9.17) is 19.3 Å². The van der Waals surface area contributed by atoms with Crippen LogP contribution in [0.25, 0.3) is 5.76 Å². The first kappa shape index (κ1) is 23.1. The minimum absolute atomic E-state index is 0.0220. The second kappa shape index (κ2) is 10.2. The van der Waals surface area contributed by atoms with Crippen LogP contribution in [0.2, 0.25) is 0 Å². The van der Waals surface area contributed by atoms with Gasteiger partial charge in [-0.1, -0.05) is 19.1 Å². The molecule has 0 aliphatic carbocycles. The minimum Gasteiger partial charge on any atom is -0.507 e. The molecule has 2 N–H and O–H groups in total. The highest BCUT2D eigenvalue weighted by Gasteiger charge is 2.46. The van der Waals surface area contributed by atoms with Gasteiger partial charge in [-0.15, -0.1) is 0 Å². The summed E-state index contributed by atoms with van der Waals surface area (Å²) in [5.74, 6) is -0.445. The lowest BCUT2D eigenvalue weighted by molar-refractivity contribution is -0.139. The van der Waals surface area contributed by atoms with Crippen molar-refractivity contribution in [3.63, 3.8) is 0 Å².